The van der Waals surface area contributed by atoms with E-state index in [9.17, 15) is 0 Å². The Hall–Kier alpha value is -0.530. The van der Waals surface area contributed by atoms with Crippen molar-refractivity contribution in [1.29, 1.82) is 0 Å². The molecule has 1 fully saturated rings. The van der Waals surface area contributed by atoms with Gasteiger partial charge in [-0.15, -0.1) is 11.6 Å². The minimum absolute atomic E-state index is 0.140. The fraction of sp³-hybridized carbons (Fsp3) is 0.474. The molecule has 0 aromatic heterocycles. The van der Waals surface area contributed by atoms with Gasteiger partial charge in [-0.25, -0.2) is 0 Å². The van der Waals surface area contributed by atoms with Crippen LogP contribution in [0.25, 0.3) is 10.8 Å². The Morgan fingerprint density at radius 3 is 2.19 bits per heavy atom. The lowest BCUT2D eigenvalue weighted by molar-refractivity contribution is 0.369. The second-order valence-electron chi connectivity index (χ2n) is 6.19. The van der Waals surface area contributed by atoms with Crippen LogP contribution in [0, 0.1) is 5.92 Å². The molecule has 1 unspecified atom stereocenters. The van der Waals surface area contributed by atoms with Gasteiger partial charge in [0.1, 0.15) is 0 Å². The van der Waals surface area contributed by atoms with E-state index < -0.39 is 0 Å². The van der Waals surface area contributed by atoms with Crippen LogP contribution in [0.15, 0.2) is 40.9 Å². The van der Waals surface area contributed by atoms with Crippen LogP contribution in [0.4, 0.5) is 0 Å². The van der Waals surface area contributed by atoms with Crippen LogP contribution in [0.3, 0.4) is 0 Å². The van der Waals surface area contributed by atoms with Crippen molar-refractivity contribution in [3.8, 4) is 0 Å². The predicted molar refractivity (Wildman–Crippen MR) is 96.1 cm³/mol. The van der Waals surface area contributed by atoms with Crippen LogP contribution >= 0.6 is 27.5 Å². The molecule has 0 spiro atoms. The summed E-state index contributed by atoms with van der Waals surface area (Å²) in [5, 5.41) is 2.71. The maximum atomic E-state index is 6.93. The van der Waals surface area contributed by atoms with Crippen LogP contribution < -0.4 is 0 Å². The Kier molecular flexibility index (Phi) is 5.24. The average molecular weight is 366 g/mol. The quantitative estimate of drug-likeness (QED) is 0.492. The highest BCUT2D eigenvalue weighted by Gasteiger charge is 2.23. The SMILES string of the molecule is ClC(c1ccc(Br)c2ccccc12)C1CCCCCCC1. The zero-order chi connectivity index (χ0) is 14.7. The van der Waals surface area contributed by atoms with Crippen LogP contribution in [0.5, 0.6) is 0 Å². The molecule has 112 valence electrons. The lowest BCUT2D eigenvalue weighted by Crippen LogP contribution is -2.10. The molecule has 0 radical (unpaired) electrons. The average Bonchev–Trinajstić information content (AvgIpc) is 2.47. The second kappa shape index (κ2) is 7.15. The summed E-state index contributed by atoms with van der Waals surface area (Å²) in [6.45, 7) is 0. The van der Waals surface area contributed by atoms with E-state index in [-0.39, 0.29) is 5.38 Å². The number of rotatable bonds is 2. The summed E-state index contributed by atoms with van der Waals surface area (Å²) in [7, 11) is 0. The summed E-state index contributed by atoms with van der Waals surface area (Å²) in [4.78, 5) is 0. The van der Waals surface area contributed by atoms with Crippen LogP contribution in [-0.4, -0.2) is 0 Å². The summed E-state index contributed by atoms with van der Waals surface area (Å²) < 4.78 is 1.16. The maximum Gasteiger partial charge on any atom is 0.0619 e. The number of hydrogen-bond acceptors (Lipinski definition) is 0. The van der Waals surface area contributed by atoms with E-state index in [0.717, 1.165) is 4.47 Å². The minimum atomic E-state index is 0.140. The molecule has 0 heterocycles. The monoisotopic (exact) mass is 364 g/mol. The van der Waals surface area contributed by atoms with Crippen molar-refractivity contribution in [3.63, 3.8) is 0 Å². The van der Waals surface area contributed by atoms with Gasteiger partial charge in [-0.3, -0.25) is 0 Å². The smallest absolute Gasteiger partial charge is 0.0619 e. The highest BCUT2D eigenvalue weighted by Crippen LogP contribution is 2.41. The molecule has 0 amide bonds. The highest BCUT2D eigenvalue weighted by molar-refractivity contribution is 9.10. The number of alkyl halides is 1. The Morgan fingerprint density at radius 2 is 1.48 bits per heavy atom. The summed E-state index contributed by atoms with van der Waals surface area (Å²) in [6.07, 6.45) is 9.38. The van der Waals surface area contributed by atoms with Gasteiger partial charge in [0.2, 0.25) is 0 Å². The van der Waals surface area contributed by atoms with E-state index in [0.29, 0.717) is 5.92 Å². The summed E-state index contributed by atoms with van der Waals surface area (Å²) in [5.41, 5.74) is 1.31. The van der Waals surface area contributed by atoms with Crippen LogP contribution in [0.2, 0.25) is 0 Å². The first-order valence-electron chi connectivity index (χ1n) is 8.08. The normalized spacial score (nSPS) is 19.1. The van der Waals surface area contributed by atoms with Gasteiger partial charge in [-0.2, -0.15) is 0 Å². The molecule has 2 aromatic rings. The molecule has 0 saturated heterocycles. The van der Waals surface area contributed by atoms with Crippen molar-refractivity contribution in [3.05, 3.63) is 46.4 Å². The number of hydrogen-bond donors (Lipinski definition) is 0. The first-order valence-corrected chi connectivity index (χ1v) is 9.31. The Balaban J connectivity index is 1.93. The number of fused-ring (bicyclic) bond motifs is 1. The van der Waals surface area contributed by atoms with Gasteiger partial charge in [-0.1, -0.05) is 78.4 Å². The topological polar surface area (TPSA) is 0 Å². The molecule has 0 bridgehead atoms. The third kappa shape index (κ3) is 3.46. The van der Waals surface area contributed by atoms with Gasteiger partial charge in [0.15, 0.2) is 0 Å². The van der Waals surface area contributed by atoms with Crippen molar-refractivity contribution >= 4 is 38.3 Å². The lowest BCUT2D eigenvalue weighted by atomic mass is 9.85. The van der Waals surface area contributed by atoms with E-state index in [1.165, 1.54) is 61.3 Å². The molecule has 0 nitrogen and oxygen atoms in total. The maximum absolute atomic E-state index is 6.93. The van der Waals surface area contributed by atoms with E-state index in [1.807, 2.05) is 0 Å². The van der Waals surface area contributed by atoms with Crippen molar-refractivity contribution in [2.24, 2.45) is 5.92 Å². The van der Waals surface area contributed by atoms with Gasteiger partial charge in [0, 0.05) is 4.47 Å². The Bertz CT molecular complexity index is 600. The van der Waals surface area contributed by atoms with Crippen molar-refractivity contribution in [2.45, 2.75) is 50.3 Å². The molecular formula is C19H22BrCl. The molecule has 2 aromatic carbocycles. The third-order valence-corrected chi connectivity index (χ3v) is 6.05. The minimum Gasteiger partial charge on any atom is -0.117 e. The first-order chi connectivity index (χ1) is 10.3. The zero-order valence-corrected chi connectivity index (χ0v) is 14.7. The van der Waals surface area contributed by atoms with Gasteiger partial charge < -0.3 is 0 Å². The highest BCUT2D eigenvalue weighted by atomic mass is 79.9. The molecule has 21 heavy (non-hydrogen) atoms. The largest absolute Gasteiger partial charge is 0.117 e. The molecule has 1 atom stereocenters. The molecule has 1 saturated carbocycles. The van der Waals surface area contributed by atoms with E-state index in [2.05, 4.69) is 52.3 Å². The van der Waals surface area contributed by atoms with Crippen molar-refractivity contribution in [1.82, 2.24) is 0 Å². The summed E-state index contributed by atoms with van der Waals surface area (Å²) in [5.74, 6) is 0.622. The predicted octanol–water partition coefficient (Wildman–Crippen LogP) is 7.24. The molecule has 2 heteroatoms. The first kappa shape index (κ1) is 15.4. The zero-order valence-electron chi connectivity index (χ0n) is 12.3. The standard InChI is InChI=1S/C19H22BrCl/c20-18-13-12-17(15-10-6-7-11-16(15)18)19(21)14-8-4-2-1-3-5-9-14/h6-7,10-14,19H,1-5,8-9H2. The van der Waals surface area contributed by atoms with Gasteiger partial charge in [0.05, 0.1) is 5.38 Å². The fourth-order valence-corrected chi connectivity index (χ4v) is 4.48. The molecular weight excluding hydrogens is 344 g/mol. The number of halogens is 2. The van der Waals surface area contributed by atoms with E-state index >= 15 is 0 Å². The van der Waals surface area contributed by atoms with Crippen LogP contribution in [0.1, 0.15) is 55.9 Å². The van der Waals surface area contributed by atoms with E-state index in [4.69, 9.17) is 11.6 Å². The Morgan fingerprint density at radius 1 is 0.857 bits per heavy atom. The second-order valence-corrected chi connectivity index (χ2v) is 7.51. The summed E-state index contributed by atoms with van der Waals surface area (Å²) >= 11 is 10.6. The fourth-order valence-electron chi connectivity index (χ4n) is 3.56. The lowest BCUT2D eigenvalue weighted by Gasteiger charge is -2.25. The van der Waals surface area contributed by atoms with Crippen molar-refractivity contribution in [2.75, 3.05) is 0 Å². The molecule has 0 aliphatic heterocycles. The third-order valence-electron chi connectivity index (χ3n) is 4.77. The van der Waals surface area contributed by atoms with Gasteiger partial charge >= 0.3 is 0 Å². The van der Waals surface area contributed by atoms with Gasteiger partial charge in [-0.05, 0) is 41.2 Å². The summed E-state index contributed by atoms with van der Waals surface area (Å²) in [6, 6.07) is 12.9. The van der Waals surface area contributed by atoms with E-state index in [1.54, 1.807) is 0 Å². The van der Waals surface area contributed by atoms with Gasteiger partial charge in [0.25, 0.3) is 0 Å². The molecule has 1 aliphatic carbocycles. The van der Waals surface area contributed by atoms with Crippen molar-refractivity contribution < 1.29 is 0 Å². The molecule has 3 rings (SSSR count). The van der Waals surface area contributed by atoms with Crippen LogP contribution in [-0.2, 0) is 0 Å². The number of benzene rings is 2. The Labute approximate surface area is 141 Å². The molecule has 1 aliphatic rings. The molecule has 0 N–H and O–H groups in total.